The van der Waals surface area contributed by atoms with E-state index in [0.717, 1.165) is 49.0 Å². The minimum absolute atomic E-state index is 0.0683. The van der Waals surface area contributed by atoms with Crippen LogP contribution in [0.15, 0.2) is 53.3 Å². The Balaban J connectivity index is 1.55. The first-order valence-electron chi connectivity index (χ1n) is 9.87. The van der Waals surface area contributed by atoms with Crippen molar-refractivity contribution in [2.45, 2.75) is 44.1 Å². The third-order valence-electron chi connectivity index (χ3n) is 5.34. The molecule has 2 heterocycles. The van der Waals surface area contributed by atoms with Gasteiger partial charge in [-0.3, -0.25) is 9.78 Å². The van der Waals surface area contributed by atoms with Gasteiger partial charge in [-0.25, -0.2) is 0 Å². The van der Waals surface area contributed by atoms with Gasteiger partial charge in [0.2, 0.25) is 11.7 Å². The number of nitrogens with zero attached hydrogens (tertiary/aromatic N) is 3. The zero-order valence-electron chi connectivity index (χ0n) is 16.4. The first kappa shape index (κ1) is 19.1. The van der Waals surface area contributed by atoms with Gasteiger partial charge in [-0.15, -0.1) is 0 Å². The molecule has 0 bridgehead atoms. The number of benzene rings is 1. The molecule has 1 aliphatic rings. The molecule has 7 heteroatoms. The van der Waals surface area contributed by atoms with Gasteiger partial charge in [0.05, 0.1) is 13.5 Å². The highest BCUT2D eigenvalue weighted by atomic mass is 16.5. The summed E-state index contributed by atoms with van der Waals surface area (Å²) in [5.41, 5.74) is 1.06. The monoisotopic (exact) mass is 392 g/mol. The Morgan fingerprint density at radius 3 is 2.83 bits per heavy atom. The number of carbonyl (C=O) groups excluding carboxylic acids is 1. The van der Waals surface area contributed by atoms with Crippen LogP contribution in [0.2, 0.25) is 0 Å². The molecule has 1 aromatic carbocycles. The number of nitrogens with one attached hydrogen (secondary N) is 1. The first-order chi connectivity index (χ1) is 14.2. The smallest absolute Gasteiger partial charge is 0.252 e. The maximum Gasteiger partial charge on any atom is 0.252 e. The third-order valence-corrected chi connectivity index (χ3v) is 5.34. The van der Waals surface area contributed by atoms with E-state index in [0.29, 0.717) is 11.7 Å². The largest absolute Gasteiger partial charge is 0.497 e. The quantitative estimate of drug-likeness (QED) is 0.688. The van der Waals surface area contributed by atoms with E-state index in [9.17, 15) is 4.79 Å². The third kappa shape index (κ3) is 4.29. The van der Waals surface area contributed by atoms with Crippen molar-refractivity contribution in [1.82, 2.24) is 20.4 Å². The Labute approximate surface area is 169 Å². The van der Waals surface area contributed by atoms with Crippen molar-refractivity contribution in [3.8, 4) is 17.1 Å². The molecule has 0 saturated heterocycles. The van der Waals surface area contributed by atoms with Crippen molar-refractivity contribution in [2.75, 3.05) is 7.11 Å². The molecule has 1 fully saturated rings. The van der Waals surface area contributed by atoms with Crippen molar-refractivity contribution in [3.05, 3.63) is 60.2 Å². The van der Waals surface area contributed by atoms with Gasteiger partial charge in [0.15, 0.2) is 0 Å². The molecule has 7 nitrogen and oxygen atoms in total. The summed E-state index contributed by atoms with van der Waals surface area (Å²) < 4.78 is 10.9. The van der Waals surface area contributed by atoms with E-state index in [2.05, 4.69) is 20.4 Å². The van der Waals surface area contributed by atoms with E-state index >= 15 is 0 Å². The minimum atomic E-state index is -0.623. The summed E-state index contributed by atoms with van der Waals surface area (Å²) in [7, 11) is 1.62. The van der Waals surface area contributed by atoms with Crippen LogP contribution in [0.4, 0.5) is 0 Å². The maximum absolute atomic E-state index is 12.9. The Kier molecular flexibility index (Phi) is 5.55. The molecule has 1 aliphatic carbocycles. The lowest BCUT2D eigenvalue weighted by Gasteiger charge is -2.34. The zero-order valence-corrected chi connectivity index (χ0v) is 16.4. The number of rotatable bonds is 6. The standard InChI is InChI=1S/C22H24N4O3/c1-28-18-9-5-7-16(13-18)14-19(27)25-22(10-3-2-4-11-22)21-24-20(26-29-21)17-8-6-12-23-15-17/h5-9,12-13,15H,2-4,10-11,14H2,1H3,(H,25,27). The van der Waals surface area contributed by atoms with E-state index in [4.69, 9.17) is 9.26 Å². The fourth-order valence-electron chi connectivity index (χ4n) is 3.86. The Bertz CT molecular complexity index is 965. The minimum Gasteiger partial charge on any atom is -0.497 e. The molecule has 0 spiro atoms. The average molecular weight is 392 g/mol. The highest BCUT2D eigenvalue weighted by molar-refractivity contribution is 5.79. The second-order valence-corrected chi connectivity index (χ2v) is 7.38. The second kappa shape index (κ2) is 8.43. The lowest BCUT2D eigenvalue weighted by atomic mass is 9.81. The van der Waals surface area contributed by atoms with Gasteiger partial charge in [0.1, 0.15) is 11.3 Å². The van der Waals surface area contributed by atoms with Gasteiger partial charge in [0.25, 0.3) is 5.89 Å². The zero-order chi connectivity index (χ0) is 20.1. The summed E-state index contributed by atoms with van der Waals surface area (Å²) in [6.07, 6.45) is 8.38. The molecule has 1 N–H and O–H groups in total. The number of amides is 1. The molecular formula is C22H24N4O3. The molecule has 1 amide bonds. The molecule has 0 unspecified atom stereocenters. The van der Waals surface area contributed by atoms with Gasteiger partial charge >= 0.3 is 0 Å². The molecule has 4 rings (SSSR count). The topological polar surface area (TPSA) is 90.1 Å². The van der Waals surface area contributed by atoms with Crippen LogP contribution in [0.5, 0.6) is 5.75 Å². The molecule has 29 heavy (non-hydrogen) atoms. The van der Waals surface area contributed by atoms with Crippen LogP contribution in [0.1, 0.15) is 43.6 Å². The number of hydrogen-bond acceptors (Lipinski definition) is 6. The van der Waals surface area contributed by atoms with Crippen LogP contribution in [0, 0.1) is 0 Å². The summed E-state index contributed by atoms with van der Waals surface area (Å²) in [4.78, 5) is 21.6. The summed E-state index contributed by atoms with van der Waals surface area (Å²) in [6.45, 7) is 0. The van der Waals surface area contributed by atoms with Crippen LogP contribution in [-0.4, -0.2) is 28.1 Å². The highest BCUT2D eigenvalue weighted by Gasteiger charge is 2.40. The number of methoxy groups -OCH3 is 1. The fraction of sp³-hybridized carbons (Fsp3) is 0.364. The van der Waals surface area contributed by atoms with Crippen LogP contribution in [0.3, 0.4) is 0 Å². The summed E-state index contributed by atoms with van der Waals surface area (Å²) in [6, 6.07) is 11.3. The number of pyridine rings is 1. The van der Waals surface area contributed by atoms with Gasteiger partial charge in [-0.1, -0.05) is 36.6 Å². The SMILES string of the molecule is COc1cccc(CC(=O)NC2(c3nc(-c4cccnc4)no3)CCCCC2)c1. The normalized spacial score (nSPS) is 15.6. The first-order valence-corrected chi connectivity index (χ1v) is 9.87. The van der Waals surface area contributed by atoms with Crippen molar-refractivity contribution in [3.63, 3.8) is 0 Å². The summed E-state index contributed by atoms with van der Waals surface area (Å²) in [5.74, 6) is 1.62. The molecule has 3 aromatic rings. The van der Waals surface area contributed by atoms with E-state index in [-0.39, 0.29) is 12.3 Å². The lowest BCUT2D eigenvalue weighted by molar-refractivity contribution is -0.123. The van der Waals surface area contributed by atoms with Crippen molar-refractivity contribution < 1.29 is 14.1 Å². The average Bonchev–Trinajstić information content (AvgIpc) is 3.26. The molecule has 150 valence electrons. The van der Waals surface area contributed by atoms with E-state index in [1.807, 2.05) is 36.4 Å². The molecule has 0 aliphatic heterocycles. The predicted octanol–water partition coefficient (Wildman–Crippen LogP) is 3.66. The number of aromatic nitrogens is 3. The van der Waals surface area contributed by atoms with Gasteiger partial charge < -0.3 is 14.6 Å². The van der Waals surface area contributed by atoms with Gasteiger partial charge in [-0.05, 0) is 42.7 Å². The van der Waals surface area contributed by atoms with E-state index in [1.165, 1.54) is 0 Å². The van der Waals surface area contributed by atoms with Crippen molar-refractivity contribution in [1.29, 1.82) is 0 Å². The maximum atomic E-state index is 12.9. The Morgan fingerprint density at radius 2 is 2.07 bits per heavy atom. The van der Waals surface area contributed by atoms with Gasteiger partial charge in [-0.2, -0.15) is 4.98 Å². The van der Waals surface area contributed by atoms with Crippen LogP contribution < -0.4 is 10.1 Å². The summed E-state index contributed by atoms with van der Waals surface area (Å²) in [5, 5.41) is 7.33. The van der Waals surface area contributed by atoms with Crippen LogP contribution in [-0.2, 0) is 16.8 Å². The molecular weight excluding hydrogens is 368 g/mol. The fourth-order valence-corrected chi connectivity index (χ4v) is 3.86. The van der Waals surface area contributed by atoms with Crippen molar-refractivity contribution >= 4 is 5.91 Å². The van der Waals surface area contributed by atoms with Crippen LogP contribution in [0.25, 0.3) is 11.4 Å². The van der Waals surface area contributed by atoms with E-state index < -0.39 is 5.54 Å². The Morgan fingerprint density at radius 1 is 1.21 bits per heavy atom. The number of hydrogen-bond donors (Lipinski definition) is 1. The summed E-state index contributed by atoms with van der Waals surface area (Å²) >= 11 is 0. The second-order valence-electron chi connectivity index (χ2n) is 7.38. The highest BCUT2D eigenvalue weighted by Crippen LogP contribution is 2.37. The Hall–Kier alpha value is -3.22. The molecule has 0 atom stereocenters. The molecule has 1 saturated carbocycles. The number of carbonyl (C=O) groups is 1. The van der Waals surface area contributed by atoms with Crippen molar-refractivity contribution in [2.24, 2.45) is 0 Å². The van der Waals surface area contributed by atoms with E-state index in [1.54, 1.807) is 19.5 Å². The molecule has 2 aromatic heterocycles. The molecule has 0 radical (unpaired) electrons. The van der Waals surface area contributed by atoms with Gasteiger partial charge in [0, 0.05) is 18.0 Å². The predicted molar refractivity (Wildman–Crippen MR) is 107 cm³/mol. The van der Waals surface area contributed by atoms with Crippen LogP contribution >= 0.6 is 0 Å². The lowest BCUT2D eigenvalue weighted by Crippen LogP contribution is -2.48. The number of ether oxygens (including phenoxy) is 1.